The first-order chi connectivity index (χ1) is 6.74. The summed E-state index contributed by atoms with van der Waals surface area (Å²) < 4.78 is 11.0. The van der Waals surface area contributed by atoms with Crippen LogP contribution in [0.4, 0.5) is 0 Å². The molecule has 0 radical (unpaired) electrons. The Bertz CT molecular complexity index is 293. The lowest BCUT2D eigenvalue weighted by Gasteiger charge is -2.32. The predicted molar refractivity (Wildman–Crippen MR) is 51.8 cm³/mol. The van der Waals surface area contributed by atoms with Gasteiger partial charge in [0.05, 0.1) is 19.6 Å². The lowest BCUT2D eigenvalue weighted by molar-refractivity contribution is -0.134. The van der Waals surface area contributed by atoms with Crippen molar-refractivity contribution in [2.75, 3.05) is 13.2 Å². The van der Waals surface area contributed by atoms with Crippen molar-refractivity contribution >= 4 is 5.78 Å². The highest BCUT2D eigenvalue weighted by Crippen LogP contribution is 2.38. The van der Waals surface area contributed by atoms with Crippen molar-refractivity contribution in [1.82, 2.24) is 0 Å². The van der Waals surface area contributed by atoms with Crippen molar-refractivity contribution in [1.29, 1.82) is 0 Å². The molecule has 0 spiro atoms. The van der Waals surface area contributed by atoms with Gasteiger partial charge in [-0.05, 0) is 6.08 Å². The van der Waals surface area contributed by atoms with E-state index in [0.29, 0.717) is 26.1 Å². The van der Waals surface area contributed by atoms with E-state index < -0.39 is 5.60 Å². The molecule has 0 N–H and O–H groups in total. The van der Waals surface area contributed by atoms with Crippen LogP contribution in [0.5, 0.6) is 0 Å². The van der Waals surface area contributed by atoms with Crippen LogP contribution in [0.2, 0.25) is 0 Å². The van der Waals surface area contributed by atoms with Gasteiger partial charge in [-0.3, -0.25) is 4.79 Å². The van der Waals surface area contributed by atoms with Crippen LogP contribution < -0.4 is 0 Å². The van der Waals surface area contributed by atoms with Gasteiger partial charge in [-0.25, -0.2) is 0 Å². The molecule has 3 nitrogen and oxygen atoms in total. The van der Waals surface area contributed by atoms with Crippen LogP contribution in [0.1, 0.15) is 19.3 Å². The lowest BCUT2D eigenvalue weighted by Crippen LogP contribution is -2.39. The van der Waals surface area contributed by atoms with Gasteiger partial charge in [-0.2, -0.15) is 0 Å². The Balaban J connectivity index is 1.96. The van der Waals surface area contributed by atoms with Crippen LogP contribution in [-0.4, -0.2) is 24.6 Å². The molecule has 2 heterocycles. The topological polar surface area (TPSA) is 35.5 Å². The van der Waals surface area contributed by atoms with Crippen molar-refractivity contribution in [3.05, 3.63) is 24.5 Å². The summed E-state index contributed by atoms with van der Waals surface area (Å²) >= 11 is 0. The molecule has 1 unspecified atom stereocenters. The van der Waals surface area contributed by atoms with E-state index in [9.17, 15) is 4.79 Å². The number of ether oxygens (including phenoxy) is 2. The zero-order valence-electron chi connectivity index (χ0n) is 8.12. The van der Waals surface area contributed by atoms with Gasteiger partial charge in [-0.15, -0.1) is 6.58 Å². The molecule has 0 saturated carbocycles. The quantitative estimate of drug-likeness (QED) is 0.503. The van der Waals surface area contributed by atoms with Crippen LogP contribution in [-0.2, 0) is 14.3 Å². The number of fused-ring (bicyclic) bond motifs is 2. The molecule has 1 atom stereocenters. The predicted octanol–water partition coefficient (Wildman–Crippen LogP) is 1.59. The average molecular weight is 194 g/mol. The summed E-state index contributed by atoms with van der Waals surface area (Å²) in [5, 5.41) is 0. The molecule has 14 heavy (non-hydrogen) atoms. The highest BCUT2D eigenvalue weighted by Gasteiger charge is 2.43. The van der Waals surface area contributed by atoms with Crippen molar-refractivity contribution in [2.45, 2.75) is 24.9 Å². The Morgan fingerprint density at radius 2 is 2.57 bits per heavy atom. The van der Waals surface area contributed by atoms with E-state index in [1.807, 2.05) is 6.08 Å². The molecule has 2 aliphatic heterocycles. The minimum atomic E-state index is -0.395. The fourth-order valence-electron chi connectivity index (χ4n) is 1.96. The first-order valence-electron chi connectivity index (χ1n) is 4.82. The Kier molecular flexibility index (Phi) is 2.42. The fourth-order valence-corrected chi connectivity index (χ4v) is 1.96. The van der Waals surface area contributed by atoms with Crippen molar-refractivity contribution < 1.29 is 14.3 Å². The summed E-state index contributed by atoms with van der Waals surface area (Å²) in [6.07, 6.45) is 5.44. The number of hydrogen-bond acceptors (Lipinski definition) is 3. The molecule has 3 heteroatoms. The molecule has 2 bridgehead atoms. The van der Waals surface area contributed by atoms with E-state index >= 15 is 0 Å². The van der Waals surface area contributed by atoms with Gasteiger partial charge in [0.1, 0.15) is 17.1 Å². The van der Waals surface area contributed by atoms with Gasteiger partial charge in [0.2, 0.25) is 0 Å². The minimum absolute atomic E-state index is 0.252. The van der Waals surface area contributed by atoms with Gasteiger partial charge >= 0.3 is 0 Å². The Labute approximate surface area is 83.4 Å². The van der Waals surface area contributed by atoms with Crippen LogP contribution in [0, 0.1) is 0 Å². The number of Topliss-reactive ketones (excluding diaryl/α,β-unsaturated/α-hetero) is 1. The van der Waals surface area contributed by atoms with E-state index in [-0.39, 0.29) is 5.78 Å². The van der Waals surface area contributed by atoms with E-state index in [1.54, 1.807) is 6.08 Å². The van der Waals surface area contributed by atoms with Gasteiger partial charge in [-0.1, -0.05) is 6.08 Å². The van der Waals surface area contributed by atoms with Gasteiger partial charge in [0.15, 0.2) is 0 Å². The highest BCUT2D eigenvalue weighted by molar-refractivity contribution is 5.83. The standard InChI is InChI=1S/C11H14O3/c1-2-5-13-8-11-4-3-10(14-11)6-9(12)7-11/h2-3H,1,4-8H2. The van der Waals surface area contributed by atoms with E-state index in [2.05, 4.69) is 6.58 Å². The molecule has 0 aromatic carbocycles. The number of hydrogen-bond donors (Lipinski definition) is 0. The maximum Gasteiger partial charge on any atom is 0.144 e. The number of ketones is 1. The van der Waals surface area contributed by atoms with Crippen LogP contribution in [0.3, 0.4) is 0 Å². The second kappa shape index (κ2) is 3.58. The van der Waals surface area contributed by atoms with Crippen molar-refractivity contribution in [3.8, 4) is 0 Å². The van der Waals surface area contributed by atoms with E-state index in [1.165, 1.54) is 0 Å². The maximum atomic E-state index is 11.4. The summed E-state index contributed by atoms with van der Waals surface area (Å²) in [5.74, 6) is 1.07. The fraction of sp³-hybridized carbons (Fsp3) is 0.545. The van der Waals surface area contributed by atoms with Crippen molar-refractivity contribution in [3.63, 3.8) is 0 Å². The first-order valence-corrected chi connectivity index (χ1v) is 4.82. The molecule has 0 aromatic heterocycles. The van der Waals surface area contributed by atoms with Gasteiger partial charge in [0, 0.05) is 12.8 Å². The molecule has 1 fully saturated rings. The number of carbonyl (C=O) groups excluding carboxylic acids is 1. The molecule has 0 aromatic rings. The first kappa shape index (κ1) is 9.46. The van der Waals surface area contributed by atoms with Crippen LogP contribution in [0.25, 0.3) is 0 Å². The SMILES string of the molecule is C=CCOCC12CC=C(CC(=O)C1)O2. The molecule has 2 rings (SSSR count). The molecule has 2 aliphatic rings. The second-order valence-corrected chi connectivity index (χ2v) is 3.86. The van der Waals surface area contributed by atoms with E-state index in [0.717, 1.165) is 12.2 Å². The Hall–Kier alpha value is -1.09. The van der Waals surface area contributed by atoms with Crippen LogP contribution in [0.15, 0.2) is 24.5 Å². The Morgan fingerprint density at radius 3 is 3.36 bits per heavy atom. The van der Waals surface area contributed by atoms with Gasteiger partial charge in [0.25, 0.3) is 0 Å². The smallest absolute Gasteiger partial charge is 0.144 e. The normalized spacial score (nSPS) is 29.7. The summed E-state index contributed by atoms with van der Waals surface area (Å²) in [6.45, 7) is 4.56. The highest BCUT2D eigenvalue weighted by atomic mass is 16.5. The third-order valence-electron chi connectivity index (χ3n) is 2.54. The van der Waals surface area contributed by atoms with Crippen LogP contribution >= 0.6 is 0 Å². The molecule has 0 amide bonds. The number of carbonyl (C=O) groups is 1. The number of allylic oxidation sites excluding steroid dienone is 1. The maximum absolute atomic E-state index is 11.4. The monoisotopic (exact) mass is 194 g/mol. The molecule has 1 saturated heterocycles. The molecule has 0 aliphatic carbocycles. The third-order valence-corrected chi connectivity index (χ3v) is 2.54. The van der Waals surface area contributed by atoms with Crippen molar-refractivity contribution in [2.24, 2.45) is 0 Å². The molecule has 76 valence electrons. The lowest BCUT2D eigenvalue weighted by atomic mass is 9.94. The molecular weight excluding hydrogens is 180 g/mol. The summed E-state index contributed by atoms with van der Waals surface area (Å²) in [7, 11) is 0. The number of rotatable bonds is 4. The zero-order valence-corrected chi connectivity index (χ0v) is 8.12. The van der Waals surface area contributed by atoms with Gasteiger partial charge < -0.3 is 9.47 Å². The summed E-state index contributed by atoms with van der Waals surface area (Å²) in [4.78, 5) is 11.4. The summed E-state index contributed by atoms with van der Waals surface area (Å²) in [5.41, 5.74) is -0.395. The largest absolute Gasteiger partial charge is 0.488 e. The van der Waals surface area contributed by atoms with E-state index in [4.69, 9.17) is 9.47 Å². The Morgan fingerprint density at radius 1 is 1.71 bits per heavy atom. The third kappa shape index (κ3) is 1.73. The zero-order chi connectivity index (χ0) is 10.0. The molecular formula is C11H14O3. The minimum Gasteiger partial charge on any atom is -0.488 e. The summed E-state index contributed by atoms with van der Waals surface area (Å²) in [6, 6.07) is 0. The second-order valence-electron chi connectivity index (χ2n) is 3.86. The average Bonchev–Trinajstić information content (AvgIpc) is 2.43.